The van der Waals surface area contributed by atoms with Crippen molar-refractivity contribution in [2.45, 2.75) is 46.0 Å². The number of rotatable bonds is 4. The maximum atomic E-state index is 13.2. The number of aryl methyl sites for hydroxylation is 1. The fourth-order valence-corrected chi connectivity index (χ4v) is 7.68. The van der Waals surface area contributed by atoms with Gasteiger partial charge in [-0.3, -0.25) is 5.32 Å². The summed E-state index contributed by atoms with van der Waals surface area (Å²) in [4.78, 5) is 22.4. The van der Waals surface area contributed by atoms with E-state index in [1.165, 1.54) is 11.3 Å². The number of fused-ring (bicyclic) bond motifs is 3. The van der Waals surface area contributed by atoms with Gasteiger partial charge in [-0.05, 0) is 80.2 Å². The maximum Gasteiger partial charge on any atom is 0.325 e. The van der Waals surface area contributed by atoms with Gasteiger partial charge in [-0.2, -0.15) is 0 Å². The van der Waals surface area contributed by atoms with Crippen LogP contribution < -0.4 is 15.5 Å². The minimum absolute atomic E-state index is 0.186. The quantitative estimate of drug-likeness (QED) is 0.224. The van der Waals surface area contributed by atoms with Crippen molar-refractivity contribution >= 4 is 61.4 Å². The highest BCUT2D eigenvalue weighted by atomic mass is 35.5. The molecule has 3 N–H and O–H groups in total. The van der Waals surface area contributed by atoms with E-state index in [0.717, 1.165) is 65.2 Å². The minimum Gasteiger partial charge on any atom is -0.506 e. The molecule has 214 valence electrons. The number of halogens is 1. The van der Waals surface area contributed by atoms with Crippen LogP contribution in [0.2, 0.25) is 5.02 Å². The summed E-state index contributed by atoms with van der Waals surface area (Å²) < 4.78 is 1.03. The molecule has 3 heterocycles. The molecule has 2 aliphatic heterocycles. The number of hydrogen-bond acceptors (Lipinski definition) is 6. The van der Waals surface area contributed by atoms with Crippen LogP contribution in [0.4, 0.5) is 27.0 Å². The zero-order chi connectivity index (χ0) is 28.9. The van der Waals surface area contributed by atoms with Crippen LogP contribution >= 0.6 is 22.9 Å². The number of aromatic nitrogens is 1. The van der Waals surface area contributed by atoms with Crippen molar-refractivity contribution in [3.05, 3.63) is 70.7 Å². The second-order valence-electron chi connectivity index (χ2n) is 12.6. The average Bonchev–Trinajstić information content (AvgIpc) is 3.46. The van der Waals surface area contributed by atoms with Crippen LogP contribution in [0.5, 0.6) is 5.75 Å². The highest BCUT2D eigenvalue weighted by Crippen LogP contribution is 2.56. The van der Waals surface area contributed by atoms with Gasteiger partial charge in [-0.25, -0.2) is 9.78 Å². The molecule has 1 aromatic heterocycles. The van der Waals surface area contributed by atoms with Crippen LogP contribution in [0.3, 0.4) is 0 Å². The van der Waals surface area contributed by atoms with E-state index >= 15 is 0 Å². The summed E-state index contributed by atoms with van der Waals surface area (Å²) in [6.07, 6.45) is 1.89. The highest BCUT2D eigenvalue weighted by molar-refractivity contribution is 7.22. The molecule has 3 aromatic carbocycles. The first-order valence-corrected chi connectivity index (χ1v) is 15.3. The number of piperidine rings is 1. The Balaban J connectivity index is 1.28. The Morgan fingerprint density at radius 2 is 1.85 bits per heavy atom. The number of anilines is 4. The Labute approximate surface area is 250 Å². The number of phenols is 1. The number of carbonyl (C=O) groups is 1. The Hall–Kier alpha value is -3.33. The monoisotopic (exact) mass is 589 g/mol. The summed E-state index contributed by atoms with van der Waals surface area (Å²) in [6, 6.07) is 16.9. The van der Waals surface area contributed by atoms with Gasteiger partial charge in [0, 0.05) is 29.1 Å². The Kier molecular flexibility index (Phi) is 7.12. The van der Waals surface area contributed by atoms with Gasteiger partial charge < -0.3 is 20.2 Å². The summed E-state index contributed by atoms with van der Waals surface area (Å²) >= 11 is 8.33. The van der Waals surface area contributed by atoms with Crippen molar-refractivity contribution < 1.29 is 9.90 Å². The van der Waals surface area contributed by atoms with Gasteiger partial charge in [0.05, 0.1) is 27.3 Å². The van der Waals surface area contributed by atoms with E-state index in [1.54, 1.807) is 12.1 Å². The molecule has 2 aliphatic rings. The van der Waals surface area contributed by atoms with Crippen LogP contribution in [-0.2, 0) is 5.41 Å². The van der Waals surface area contributed by atoms with Crippen LogP contribution in [0.15, 0.2) is 54.6 Å². The van der Waals surface area contributed by atoms with E-state index in [0.29, 0.717) is 22.4 Å². The van der Waals surface area contributed by atoms with Crippen LogP contribution in [0.1, 0.15) is 44.7 Å². The topological polar surface area (TPSA) is 80.7 Å². The van der Waals surface area contributed by atoms with Crippen LogP contribution in [0.25, 0.3) is 10.2 Å². The number of benzene rings is 3. The fraction of sp³-hybridized carbons (Fsp3) is 0.375. The predicted octanol–water partition coefficient (Wildman–Crippen LogP) is 8.14. The molecule has 1 spiro atoms. The largest absolute Gasteiger partial charge is 0.506 e. The third kappa shape index (κ3) is 5.48. The normalized spacial score (nSPS) is 16.8. The lowest BCUT2D eigenvalue weighted by molar-refractivity contribution is 0.125. The first-order chi connectivity index (χ1) is 19.5. The van der Waals surface area contributed by atoms with Crippen LogP contribution in [0, 0.1) is 12.3 Å². The molecule has 9 heteroatoms. The number of aromatic hydroxyl groups is 1. The summed E-state index contributed by atoms with van der Waals surface area (Å²) in [6.45, 7) is 12.5. The molecule has 0 saturated carbocycles. The SMILES string of the molecule is Cc1ccc2nc(NC(=O)Nc3ccccc3N3CC4(CCN(CC(C)(C)C)CC4)c4c(Cl)ccc(O)c43)sc2c1. The first kappa shape index (κ1) is 27.8. The number of phenolic OH excluding ortho intramolecular Hbond substituents is 1. The molecule has 1 saturated heterocycles. The Morgan fingerprint density at radius 1 is 1.10 bits per heavy atom. The number of para-hydroxylation sites is 2. The second kappa shape index (κ2) is 10.5. The van der Waals surface area contributed by atoms with Gasteiger partial charge in [-0.1, -0.05) is 61.9 Å². The molecule has 41 heavy (non-hydrogen) atoms. The third-order valence-corrected chi connectivity index (χ3v) is 9.33. The zero-order valence-electron chi connectivity index (χ0n) is 23.9. The lowest BCUT2D eigenvalue weighted by Gasteiger charge is -2.42. The van der Waals surface area contributed by atoms with E-state index in [2.05, 4.69) is 52.3 Å². The van der Waals surface area contributed by atoms with Crippen molar-refractivity contribution in [3.8, 4) is 5.75 Å². The first-order valence-electron chi connectivity index (χ1n) is 14.1. The van der Waals surface area contributed by atoms with Gasteiger partial charge in [0.25, 0.3) is 0 Å². The molecule has 0 radical (unpaired) electrons. The van der Waals surface area contributed by atoms with Crippen molar-refractivity contribution in [3.63, 3.8) is 0 Å². The van der Waals surface area contributed by atoms with E-state index < -0.39 is 0 Å². The van der Waals surface area contributed by atoms with Gasteiger partial charge in [-0.15, -0.1) is 0 Å². The zero-order valence-corrected chi connectivity index (χ0v) is 25.5. The van der Waals surface area contributed by atoms with Crippen LogP contribution in [-0.4, -0.2) is 47.2 Å². The molecule has 6 rings (SSSR count). The molecule has 1 fully saturated rings. The molecule has 0 bridgehead atoms. The summed E-state index contributed by atoms with van der Waals surface area (Å²) in [5, 5.41) is 18.3. The van der Waals surface area contributed by atoms with E-state index in [4.69, 9.17) is 11.6 Å². The number of urea groups is 1. The van der Waals surface area contributed by atoms with Crippen molar-refractivity contribution in [2.75, 3.05) is 41.7 Å². The van der Waals surface area contributed by atoms with Crippen molar-refractivity contribution in [1.82, 2.24) is 9.88 Å². The molecule has 0 aliphatic carbocycles. The van der Waals surface area contributed by atoms with E-state index in [9.17, 15) is 9.90 Å². The lowest BCUT2D eigenvalue weighted by Crippen LogP contribution is -2.47. The van der Waals surface area contributed by atoms with Crippen molar-refractivity contribution in [1.29, 1.82) is 0 Å². The third-order valence-electron chi connectivity index (χ3n) is 8.09. The molecule has 4 aromatic rings. The number of carbonyl (C=O) groups excluding carboxylic acids is 1. The smallest absolute Gasteiger partial charge is 0.325 e. The number of thiazole rings is 1. The number of amides is 2. The minimum atomic E-state index is -0.367. The average molecular weight is 590 g/mol. The number of likely N-dealkylation sites (tertiary alicyclic amines) is 1. The standard InChI is InChI=1S/C32H36ClN5O2S/c1-20-9-11-23-26(17-20)41-30(35-23)36-29(40)34-22-7-5-6-8-24(22)38-19-32(27-21(33)10-12-25(39)28(27)38)13-15-37(16-14-32)18-31(2,3)4/h5-12,17,39H,13-16,18-19H2,1-4H3,(H2,34,35,36,40). The Morgan fingerprint density at radius 3 is 2.61 bits per heavy atom. The molecule has 2 amide bonds. The fourth-order valence-electron chi connectivity index (χ4n) is 6.37. The molecular weight excluding hydrogens is 554 g/mol. The van der Waals surface area contributed by atoms with Gasteiger partial charge in [0.2, 0.25) is 0 Å². The molecule has 0 unspecified atom stereocenters. The molecule has 0 atom stereocenters. The van der Waals surface area contributed by atoms with Gasteiger partial charge in [0.15, 0.2) is 5.13 Å². The van der Waals surface area contributed by atoms with E-state index in [-0.39, 0.29) is 22.6 Å². The summed E-state index contributed by atoms with van der Waals surface area (Å²) in [5.74, 6) is 0.197. The van der Waals surface area contributed by atoms with Crippen molar-refractivity contribution in [2.24, 2.45) is 5.41 Å². The van der Waals surface area contributed by atoms with Gasteiger partial charge in [0.1, 0.15) is 5.75 Å². The maximum absolute atomic E-state index is 13.2. The van der Waals surface area contributed by atoms with E-state index in [1.807, 2.05) is 43.3 Å². The molecular formula is C32H36ClN5O2S. The Bertz CT molecular complexity index is 1620. The summed E-state index contributed by atoms with van der Waals surface area (Å²) in [7, 11) is 0. The predicted molar refractivity (Wildman–Crippen MR) is 170 cm³/mol. The highest BCUT2D eigenvalue weighted by Gasteiger charge is 2.48. The number of hydrogen-bond donors (Lipinski definition) is 3. The number of nitrogens with one attached hydrogen (secondary N) is 2. The lowest BCUT2D eigenvalue weighted by atomic mass is 9.74. The summed E-state index contributed by atoms with van der Waals surface area (Å²) in [5.41, 5.74) is 5.26. The second-order valence-corrected chi connectivity index (χ2v) is 14.0. The van der Waals surface area contributed by atoms with Gasteiger partial charge >= 0.3 is 6.03 Å². The number of nitrogens with zero attached hydrogens (tertiary/aromatic N) is 3. The molecule has 7 nitrogen and oxygen atoms in total.